The fourth-order valence-electron chi connectivity index (χ4n) is 1.86. The summed E-state index contributed by atoms with van der Waals surface area (Å²) in [7, 11) is 0. The van der Waals surface area contributed by atoms with Crippen LogP contribution in [-0.2, 0) is 11.3 Å². The second kappa shape index (κ2) is 7.11. The first kappa shape index (κ1) is 14.6. The minimum Gasteiger partial charge on any atom is -0.367 e. The van der Waals surface area contributed by atoms with E-state index >= 15 is 0 Å². The summed E-state index contributed by atoms with van der Waals surface area (Å²) >= 11 is 0. The zero-order valence-corrected chi connectivity index (χ0v) is 12.2. The lowest BCUT2D eigenvalue weighted by molar-refractivity contribution is -0.121. The molecule has 0 atom stereocenters. The number of carbonyl (C=O) groups excluding carboxylic acids is 1. The van der Waals surface area contributed by atoms with Crippen LogP contribution in [0.4, 0.5) is 5.82 Å². The van der Waals surface area contributed by atoms with E-state index in [1.165, 1.54) is 17.3 Å². The van der Waals surface area contributed by atoms with Gasteiger partial charge in [0, 0.05) is 25.5 Å². The Hall–Kier alpha value is -3.30. The smallest absolute Gasteiger partial charge is 0.241 e. The Morgan fingerprint density at radius 2 is 2.13 bits per heavy atom. The molecule has 2 N–H and O–H groups in total. The van der Waals surface area contributed by atoms with Crippen molar-refractivity contribution in [3.8, 4) is 5.82 Å². The van der Waals surface area contributed by atoms with Gasteiger partial charge in [0.05, 0.1) is 0 Å². The number of carbonyl (C=O) groups is 1. The van der Waals surface area contributed by atoms with Gasteiger partial charge in [-0.3, -0.25) is 4.79 Å². The van der Waals surface area contributed by atoms with Crippen molar-refractivity contribution in [2.75, 3.05) is 18.4 Å². The Morgan fingerprint density at radius 3 is 2.83 bits per heavy atom. The molecular formula is C13H15N9O. The minimum atomic E-state index is -0.127. The summed E-state index contributed by atoms with van der Waals surface area (Å²) in [6.07, 6.45) is 6.35. The van der Waals surface area contributed by atoms with Crippen LogP contribution in [0.1, 0.15) is 0 Å². The van der Waals surface area contributed by atoms with E-state index in [1.807, 2.05) is 12.1 Å². The molecule has 10 heteroatoms. The molecule has 3 aromatic heterocycles. The molecule has 3 rings (SSSR count). The van der Waals surface area contributed by atoms with Crippen molar-refractivity contribution in [2.45, 2.75) is 6.54 Å². The molecule has 0 bridgehead atoms. The number of rotatable bonds is 7. The van der Waals surface area contributed by atoms with Gasteiger partial charge in [0.1, 0.15) is 25.0 Å². The van der Waals surface area contributed by atoms with Crippen molar-refractivity contribution in [1.29, 1.82) is 0 Å². The van der Waals surface area contributed by atoms with Crippen LogP contribution in [-0.4, -0.2) is 53.7 Å². The van der Waals surface area contributed by atoms with Gasteiger partial charge in [-0.2, -0.15) is 10.2 Å². The molecule has 0 aliphatic carbocycles. The summed E-state index contributed by atoms with van der Waals surface area (Å²) in [6, 6.07) is 5.43. The van der Waals surface area contributed by atoms with Gasteiger partial charge in [0.25, 0.3) is 0 Å². The van der Waals surface area contributed by atoms with Crippen LogP contribution in [0.5, 0.6) is 0 Å². The van der Waals surface area contributed by atoms with Crippen LogP contribution in [0.25, 0.3) is 5.82 Å². The number of amides is 1. The van der Waals surface area contributed by atoms with Gasteiger partial charge in [-0.15, -0.1) is 10.2 Å². The summed E-state index contributed by atoms with van der Waals surface area (Å²) in [5.41, 5.74) is 0. The first-order chi connectivity index (χ1) is 11.3. The van der Waals surface area contributed by atoms with E-state index in [1.54, 1.807) is 23.1 Å². The zero-order valence-electron chi connectivity index (χ0n) is 12.2. The SMILES string of the molecule is O=C(Cn1cncn1)NCCNc1ccc(-n2cccn2)nn1. The highest BCUT2D eigenvalue weighted by Gasteiger charge is 2.03. The molecule has 0 aliphatic heterocycles. The van der Waals surface area contributed by atoms with E-state index in [0.29, 0.717) is 24.7 Å². The van der Waals surface area contributed by atoms with E-state index in [2.05, 4.69) is 36.0 Å². The lowest BCUT2D eigenvalue weighted by Crippen LogP contribution is -2.31. The molecule has 23 heavy (non-hydrogen) atoms. The van der Waals surface area contributed by atoms with Crippen molar-refractivity contribution in [2.24, 2.45) is 0 Å². The third kappa shape index (κ3) is 4.09. The van der Waals surface area contributed by atoms with E-state index in [4.69, 9.17) is 0 Å². The lowest BCUT2D eigenvalue weighted by atomic mass is 10.4. The number of nitrogens with zero attached hydrogens (tertiary/aromatic N) is 7. The molecule has 0 spiro atoms. The molecule has 0 aliphatic rings. The number of anilines is 1. The van der Waals surface area contributed by atoms with Gasteiger partial charge >= 0.3 is 0 Å². The van der Waals surface area contributed by atoms with E-state index in [9.17, 15) is 4.79 Å². The van der Waals surface area contributed by atoms with Crippen LogP contribution < -0.4 is 10.6 Å². The Balaban J connectivity index is 1.39. The Labute approximate surface area is 131 Å². The fourth-order valence-corrected chi connectivity index (χ4v) is 1.86. The first-order valence-corrected chi connectivity index (χ1v) is 6.98. The summed E-state index contributed by atoms with van der Waals surface area (Å²) in [4.78, 5) is 15.4. The molecule has 0 aromatic carbocycles. The van der Waals surface area contributed by atoms with Gasteiger partial charge in [0.15, 0.2) is 5.82 Å². The standard InChI is InChI=1S/C13H15N9O/c23-13(8-21-10-14-9-18-21)16-6-5-15-11-2-3-12(20-19-11)22-7-1-4-17-22/h1-4,7,9-10H,5-6,8H2,(H,15,19)(H,16,23). The minimum absolute atomic E-state index is 0.127. The van der Waals surface area contributed by atoms with Crippen LogP contribution >= 0.6 is 0 Å². The molecule has 118 valence electrons. The van der Waals surface area contributed by atoms with Gasteiger partial charge in [0.2, 0.25) is 5.91 Å². The first-order valence-electron chi connectivity index (χ1n) is 6.98. The third-order valence-corrected chi connectivity index (χ3v) is 2.92. The van der Waals surface area contributed by atoms with Crippen molar-refractivity contribution in [1.82, 2.24) is 40.1 Å². The highest BCUT2D eigenvalue weighted by atomic mass is 16.2. The maximum absolute atomic E-state index is 11.6. The highest BCUT2D eigenvalue weighted by Crippen LogP contribution is 2.04. The average Bonchev–Trinajstić information content (AvgIpc) is 3.26. The number of aromatic nitrogens is 7. The number of hydrogen-bond acceptors (Lipinski definition) is 7. The zero-order chi connectivity index (χ0) is 15.9. The maximum Gasteiger partial charge on any atom is 0.241 e. The topological polar surface area (TPSA) is 115 Å². The van der Waals surface area contributed by atoms with Crippen molar-refractivity contribution in [3.63, 3.8) is 0 Å². The monoisotopic (exact) mass is 313 g/mol. The van der Waals surface area contributed by atoms with Gasteiger partial charge in [-0.25, -0.2) is 14.3 Å². The number of nitrogens with one attached hydrogen (secondary N) is 2. The molecule has 0 fully saturated rings. The molecule has 0 saturated carbocycles. The van der Waals surface area contributed by atoms with Gasteiger partial charge in [-0.05, 0) is 18.2 Å². The van der Waals surface area contributed by atoms with Crippen molar-refractivity contribution in [3.05, 3.63) is 43.2 Å². The van der Waals surface area contributed by atoms with E-state index in [-0.39, 0.29) is 12.5 Å². The molecule has 0 radical (unpaired) electrons. The average molecular weight is 313 g/mol. The van der Waals surface area contributed by atoms with Crippen molar-refractivity contribution >= 4 is 11.7 Å². The molecule has 0 saturated heterocycles. The van der Waals surface area contributed by atoms with E-state index < -0.39 is 0 Å². The maximum atomic E-state index is 11.6. The van der Waals surface area contributed by atoms with Crippen LogP contribution in [0.2, 0.25) is 0 Å². The van der Waals surface area contributed by atoms with Crippen LogP contribution in [0.15, 0.2) is 43.2 Å². The second-order valence-corrected chi connectivity index (χ2v) is 4.60. The second-order valence-electron chi connectivity index (χ2n) is 4.60. The molecule has 3 aromatic rings. The predicted octanol–water partition coefficient (Wildman–Crippen LogP) is -0.518. The summed E-state index contributed by atoms with van der Waals surface area (Å²) in [6.45, 7) is 1.16. The largest absolute Gasteiger partial charge is 0.367 e. The highest BCUT2D eigenvalue weighted by molar-refractivity contribution is 5.75. The van der Waals surface area contributed by atoms with E-state index in [0.717, 1.165) is 0 Å². The van der Waals surface area contributed by atoms with Gasteiger partial charge < -0.3 is 10.6 Å². The van der Waals surface area contributed by atoms with Gasteiger partial charge in [-0.1, -0.05) is 0 Å². The number of hydrogen-bond donors (Lipinski definition) is 2. The Kier molecular flexibility index (Phi) is 4.52. The van der Waals surface area contributed by atoms with Crippen LogP contribution in [0, 0.1) is 0 Å². The molecule has 0 unspecified atom stereocenters. The normalized spacial score (nSPS) is 10.4. The Bertz CT molecular complexity index is 721. The molecule has 3 heterocycles. The Morgan fingerprint density at radius 1 is 1.17 bits per heavy atom. The summed E-state index contributed by atoms with van der Waals surface area (Å²) in [5.74, 6) is 1.14. The van der Waals surface area contributed by atoms with Crippen molar-refractivity contribution < 1.29 is 4.79 Å². The quantitative estimate of drug-likeness (QED) is 0.564. The van der Waals surface area contributed by atoms with Crippen LogP contribution in [0.3, 0.4) is 0 Å². The molecular weight excluding hydrogens is 298 g/mol. The summed E-state index contributed by atoms with van der Waals surface area (Å²) < 4.78 is 3.09. The fraction of sp³-hybridized carbons (Fsp3) is 0.231. The lowest BCUT2D eigenvalue weighted by Gasteiger charge is -2.07. The summed E-state index contributed by atoms with van der Waals surface area (Å²) in [5, 5.41) is 21.9. The molecule has 10 nitrogen and oxygen atoms in total. The third-order valence-electron chi connectivity index (χ3n) is 2.92. The molecule has 1 amide bonds. The predicted molar refractivity (Wildman–Crippen MR) is 80.7 cm³/mol.